The Labute approximate surface area is 249 Å². The van der Waals surface area contributed by atoms with Crippen molar-refractivity contribution in [1.82, 2.24) is 4.98 Å². The molecule has 0 fully saturated rings. The number of nitrogens with one attached hydrogen (secondary N) is 1. The highest BCUT2D eigenvalue weighted by Crippen LogP contribution is 2.42. The molecule has 6 aromatic rings. The number of hydrogen-bond acceptors (Lipinski definition) is 2. The summed E-state index contributed by atoms with van der Waals surface area (Å²) in [4.78, 5) is 5.00. The van der Waals surface area contributed by atoms with Crippen molar-refractivity contribution in [2.24, 2.45) is 0 Å². The predicted molar refractivity (Wildman–Crippen MR) is 181 cm³/mol. The zero-order valence-corrected chi connectivity index (χ0v) is 26.6. The molecule has 0 saturated heterocycles. The van der Waals surface area contributed by atoms with Gasteiger partial charge in [0.2, 0.25) is 0 Å². The van der Waals surface area contributed by atoms with Crippen LogP contribution in [0.15, 0.2) is 103 Å². The van der Waals surface area contributed by atoms with Gasteiger partial charge in [0, 0.05) is 22.2 Å². The van der Waals surface area contributed by atoms with Gasteiger partial charge in [-0.05, 0) is 75.5 Å². The van der Waals surface area contributed by atoms with Crippen LogP contribution in [0, 0.1) is 6.92 Å². The van der Waals surface area contributed by atoms with Crippen LogP contribution in [-0.4, -0.2) is 19.9 Å². The number of thiophene rings is 1. The molecule has 4 heteroatoms. The smallest absolute Gasteiger partial charge is 0.261 e. The average Bonchev–Trinajstić information content (AvgIpc) is 3.56. The number of benzene rings is 4. The number of fused-ring (bicyclic) bond motifs is 2. The third kappa shape index (κ3) is 4.99. The molecule has 2 nitrogen and oxygen atoms in total. The van der Waals surface area contributed by atoms with Crippen LogP contribution < -0.4 is 10.4 Å². The summed E-state index contributed by atoms with van der Waals surface area (Å²) >= 11 is 1.91. The molecule has 0 aliphatic carbocycles. The first-order chi connectivity index (χ1) is 19.8. The van der Waals surface area contributed by atoms with E-state index in [0.717, 1.165) is 12.8 Å². The Kier molecular flexibility index (Phi) is 7.50. The molecule has 0 radical (unpaired) electrons. The topological polar surface area (TPSA) is 25.0 Å². The van der Waals surface area contributed by atoms with Crippen LogP contribution in [0.25, 0.3) is 31.6 Å². The van der Waals surface area contributed by atoms with Crippen LogP contribution in [0.5, 0.6) is 0 Å². The van der Waals surface area contributed by atoms with Crippen molar-refractivity contribution in [2.45, 2.75) is 52.5 Å². The van der Waals surface area contributed by atoms with Crippen molar-refractivity contribution in [2.75, 3.05) is 6.61 Å². The minimum absolute atomic E-state index is 0.0304. The molecule has 2 aromatic heterocycles. The van der Waals surface area contributed by atoms with Crippen molar-refractivity contribution in [1.29, 1.82) is 0 Å². The zero-order chi connectivity index (χ0) is 28.6. The standard InChI is InChI=1S/C37H39NOSSi/c1-6-27-23-29(35-26(2)36(40-34(35)24-27)33-25-28-15-13-14-20-32(28)38-33)21-22-39-41(37(3,4)5,30-16-9-7-10-17-30)31-18-11-8-12-19-31/h7-20,23-25,38H,6,21-22H2,1-5H3. The summed E-state index contributed by atoms with van der Waals surface area (Å²) in [7, 11) is -2.58. The van der Waals surface area contributed by atoms with Gasteiger partial charge in [-0.3, -0.25) is 0 Å². The van der Waals surface area contributed by atoms with Gasteiger partial charge in [0.25, 0.3) is 8.32 Å². The van der Waals surface area contributed by atoms with E-state index in [1.165, 1.54) is 58.6 Å². The number of H-pyrrole nitrogens is 1. The first kappa shape index (κ1) is 27.7. The Hall–Kier alpha value is -3.44. The van der Waals surface area contributed by atoms with E-state index in [1.54, 1.807) is 0 Å². The van der Waals surface area contributed by atoms with Crippen molar-refractivity contribution < 1.29 is 4.43 Å². The highest BCUT2D eigenvalue weighted by Gasteiger charge is 2.50. The maximum absolute atomic E-state index is 7.30. The van der Waals surface area contributed by atoms with Crippen molar-refractivity contribution >= 4 is 51.0 Å². The lowest BCUT2D eigenvalue weighted by Gasteiger charge is -2.43. The summed E-state index contributed by atoms with van der Waals surface area (Å²) in [5, 5.41) is 5.29. The molecule has 4 aromatic carbocycles. The van der Waals surface area contributed by atoms with Crippen LogP contribution in [0.1, 0.15) is 44.4 Å². The van der Waals surface area contributed by atoms with E-state index in [4.69, 9.17) is 4.43 Å². The summed E-state index contributed by atoms with van der Waals surface area (Å²) in [5.74, 6) is 0. The Balaban J connectivity index is 1.40. The maximum atomic E-state index is 7.30. The van der Waals surface area contributed by atoms with E-state index in [9.17, 15) is 0 Å². The Bertz CT molecular complexity index is 1720. The molecule has 0 spiro atoms. The average molecular weight is 574 g/mol. The Morgan fingerprint density at radius 3 is 2.05 bits per heavy atom. The third-order valence-electron chi connectivity index (χ3n) is 8.46. The predicted octanol–water partition coefficient (Wildman–Crippen LogP) is 9.04. The fourth-order valence-electron chi connectivity index (χ4n) is 6.47. The second kappa shape index (κ2) is 11.1. The van der Waals surface area contributed by atoms with E-state index >= 15 is 0 Å². The highest BCUT2D eigenvalue weighted by atomic mass is 32.1. The second-order valence-electron chi connectivity index (χ2n) is 12.1. The van der Waals surface area contributed by atoms with Gasteiger partial charge in [-0.2, -0.15) is 0 Å². The van der Waals surface area contributed by atoms with Crippen molar-refractivity contribution in [3.63, 3.8) is 0 Å². The molecule has 208 valence electrons. The van der Waals surface area contributed by atoms with E-state index in [-0.39, 0.29) is 5.04 Å². The van der Waals surface area contributed by atoms with Gasteiger partial charge in [-0.15, -0.1) is 11.3 Å². The molecule has 0 aliphatic rings. The molecule has 0 saturated carbocycles. The molecular formula is C37H39NOSSi. The van der Waals surface area contributed by atoms with E-state index < -0.39 is 8.32 Å². The zero-order valence-electron chi connectivity index (χ0n) is 24.8. The lowest BCUT2D eigenvalue weighted by atomic mass is 9.99. The highest BCUT2D eigenvalue weighted by molar-refractivity contribution is 7.22. The first-order valence-corrected chi connectivity index (χ1v) is 17.4. The molecule has 0 aliphatic heterocycles. The van der Waals surface area contributed by atoms with Crippen LogP contribution in [-0.2, 0) is 17.3 Å². The number of rotatable bonds is 8. The minimum Gasteiger partial charge on any atom is -0.407 e. The van der Waals surface area contributed by atoms with Gasteiger partial charge in [-0.25, -0.2) is 0 Å². The van der Waals surface area contributed by atoms with Crippen LogP contribution in [0.4, 0.5) is 0 Å². The molecule has 0 unspecified atom stereocenters. The fourth-order valence-corrected chi connectivity index (χ4v) is 12.3. The quantitative estimate of drug-likeness (QED) is 0.181. The largest absolute Gasteiger partial charge is 0.407 e. The van der Waals surface area contributed by atoms with Crippen LogP contribution >= 0.6 is 11.3 Å². The van der Waals surface area contributed by atoms with E-state index in [2.05, 4.69) is 143 Å². The van der Waals surface area contributed by atoms with Crippen LogP contribution in [0.2, 0.25) is 5.04 Å². The number of aryl methyl sites for hydroxylation is 2. The summed E-state index contributed by atoms with van der Waals surface area (Å²) in [5.41, 5.74) is 6.54. The monoisotopic (exact) mass is 573 g/mol. The molecular weight excluding hydrogens is 535 g/mol. The molecule has 6 rings (SSSR count). The van der Waals surface area contributed by atoms with E-state index in [1.807, 2.05) is 11.3 Å². The minimum atomic E-state index is -2.58. The van der Waals surface area contributed by atoms with Crippen molar-refractivity contribution in [3.8, 4) is 10.6 Å². The number of aromatic amines is 1. The number of hydrogen-bond donors (Lipinski definition) is 1. The number of aromatic nitrogens is 1. The molecule has 0 amide bonds. The normalized spacial score (nSPS) is 12.4. The third-order valence-corrected chi connectivity index (χ3v) is 14.8. The van der Waals surface area contributed by atoms with Crippen LogP contribution in [0.3, 0.4) is 0 Å². The van der Waals surface area contributed by atoms with Gasteiger partial charge in [0.05, 0.1) is 10.6 Å². The second-order valence-corrected chi connectivity index (χ2v) is 17.4. The van der Waals surface area contributed by atoms with Gasteiger partial charge < -0.3 is 9.41 Å². The maximum Gasteiger partial charge on any atom is 0.261 e. The van der Waals surface area contributed by atoms with Gasteiger partial charge in [0.1, 0.15) is 0 Å². The van der Waals surface area contributed by atoms with E-state index in [0.29, 0.717) is 6.61 Å². The summed E-state index contributed by atoms with van der Waals surface area (Å²) < 4.78 is 8.67. The van der Waals surface area contributed by atoms with Gasteiger partial charge >= 0.3 is 0 Å². The lowest BCUT2D eigenvalue weighted by molar-refractivity contribution is 0.302. The molecule has 1 N–H and O–H groups in total. The molecule has 0 atom stereocenters. The van der Waals surface area contributed by atoms with Gasteiger partial charge in [-0.1, -0.05) is 113 Å². The fraction of sp³-hybridized carbons (Fsp3) is 0.243. The van der Waals surface area contributed by atoms with Crippen molar-refractivity contribution in [3.05, 3.63) is 120 Å². The SMILES string of the molecule is CCc1cc(CCO[Si](c2ccccc2)(c2ccccc2)C(C)(C)C)c2c(C)c(-c3cc4ccccc4[nH]3)sc2c1. The Morgan fingerprint density at radius 2 is 1.44 bits per heavy atom. The van der Waals surface area contributed by atoms with Gasteiger partial charge in [0.15, 0.2) is 0 Å². The summed E-state index contributed by atoms with van der Waals surface area (Å²) in [6.45, 7) is 12.3. The Morgan fingerprint density at radius 1 is 0.805 bits per heavy atom. The summed E-state index contributed by atoms with van der Waals surface area (Å²) in [6, 6.07) is 37.6. The number of para-hydroxylation sites is 1. The molecule has 0 bridgehead atoms. The summed E-state index contributed by atoms with van der Waals surface area (Å²) in [6.07, 6.45) is 1.91. The molecule has 2 heterocycles. The lowest BCUT2D eigenvalue weighted by Crippen LogP contribution is -2.66. The molecule has 41 heavy (non-hydrogen) atoms. The first-order valence-electron chi connectivity index (χ1n) is 14.7.